The van der Waals surface area contributed by atoms with E-state index in [2.05, 4.69) is 28.5 Å². The normalized spacial score (nSPS) is 17.2. The highest BCUT2D eigenvalue weighted by molar-refractivity contribution is 6.02. The Bertz CT molecular complexity index is 707. The summed E-state index contributed by atoms with van der Waals surface area (Å²) in [5, 5.41) is 2.73. The first-order valence-electron chi connectivity index (χ1n) is 8.41. The van der Waals surface area contributed by atoms with Gasteiger partial charge in [0.05, 0.1) is 18.9 Å². The maximum atomic E-state index is 12.2. The highest BCUT2D eigenvalue weighted by Gasteiger charge is 2.21. The molecule has 0 saturated carbocycles. The van der Waals surface area contributed by atoms with E-state index in [9.17, 15) is 4.79 Å². The van der Waals surface area contributed by atoms with E-state index in [4.69, 9.17) is 9.15 Å². The van der Waals surface area contributed by atoms with Gasteiger partial charge in [-0.1, -0.05) is 31.2 Å². The Hall–Kier alpha value is -2.56. The van der Waals surface area contributed by atoms with Gasteiger partial charge in [-0.15, -0.1) is 0 Å². The van der Waals surface area contributed by atoms with Gasteiger partial charge in [0.1, 0.15) is 0 Å². The highest BCUT2D eigenvalue weighted by Crippen LogP contribution is 2.32. The summed E-state index contributed by atoms with van der Waals surface area (Å²) in [4.78, 5) is 16.9. The third-order valence-corrected chi connectivity index (χ3v) is 4.02. The van der Waals surface area contributed by atoms with Gasteiger partial charge in [-0.25, -0.2) is 4.99 Å². The third kappa shape index (κ3) is 3.85. The summed E-state index contributed by atoms with van der Waals surface area (Å²) in [7, 11) is 0. The predicted molar refractivity (Wildman–Crippen MR) is 92.0 cm³/mol. The van der Waals surface area contributed by atoms with Crippen LogP contribution in [0.25, 0.3) is 0 Å². The van der Waals surface area contributed by atoms with Crippen molar-refractivity contribution in [1.29, 1.82) is 0 Å². The van der Waals surface area contributed by atoms with Gasteiger partial charge in [-0.2, -0.15) is 0 Å². The van der Waals surface area contributed by atoms with Crippen LogP contribution in [0.15, 0.2) is 52.1 Å². The zero-order chi connectivity index (χ0) is 16.8. The maximum Gasteiger partial charge on any atom is 0.294 e. The molecule has 1 aliphatic carbocycles. The molecule has 1 amide bonds. The van der Waals surface area contributed by atoms with Crippen LogP contribution in [0.4, 0.5) is 0 Å². The molecule has 3 rings (SSSR count). The Morgan fingerprint density at radius 3 is 3.00 bits per heavy atom. The molecule has 126 valence electrons. The topological polar surface area (TPSA) is 63.8 Å². The molecule has 1 aliphatic rings. The van der Waals surface area contributed by atoms with Crippen LogP contribution in [-0.2, 0) is 11.2 Å². The minimum atomic E-state index is -0.348. The number of aliphatic imine (C=N–C) groups is 1. The monoisotopic (exact) mass is 326 g/mol. The fraction of sp³-hybridized carbons (Fsp3) is 0.368. The summed E-state index contributed by atoms with van der Waals surface area (Å²) in [6.45, 7) is 2.52. The Balaban J connectivity index is 1.80. The number of nitrogens with zero attached hydrogens (tertiary/aromatic N) is 1. The van der Waals surface area contributed by atoms with Crippen LogP contribution < -0.4 is 5.32 Å². The molecule has 5 nitrogen and oxygen atoms in total. The van der Waals surface area contributed by atoms with Crippen molar-refractivity contribution in [1.82, 2.24) is 5.32 Å². The average Bonchev–Trinajstić information content (AvgIpc) is 3.15. The number of amides is 1. The zero-order valence-corrected chi connectivity index (χ0v) is 13.8. The summed E-state index contributed by atoms with van der Waals surface area (Å²) in [5.74, 6) is -0.106. The van der Waals surface area contributed by atoms with E-state index in [0.717, 1.165) is 25.7 Å². The lowest BCUT2D eigenvalue weighted by Crippen LogP contribution is -2.33. The Kier molecular flexibility index (Phi) is 5.31. The van der Waals surface area contributed by atoms with Crippen LogP contribution in [0.2, 0.25) is 0 Å². The minimum absolute atomic E-state index is 0.0127. The van der Waals surface area contributed by atoms with Crippen molar-refractivity contribution in [3.05, 3.63) is 59.5 Å². The number of furan rings is 1. The number of rotatable bonds is 4. The number of hydrogen-bond acceptors (Lipinski definition) is 4. The van der Waals surface area contributed by atoms with Crippen LogP contribution in [0.5, 0.6) is 0 Å². The Morgan fingerprint density at radius 2 is 2.21 bits per heavy atom. The molecule has 0 radical (unpaired) electrons. The van der Waals surface area contributed by atoms with E-state index in [1.165, 1.54) is 17.4 Å². The summed E-state index contributed by atoms with van der Waals surface area (Å²) in [5.41, 5.74) is 2.54. The van der Waals surface area contributed by atoms with Crippen molar-refractivity contribution in [2.24, 2.45) is 4.99 Å². The fourth-order valence-corrected chi connectivity index (χ4v) is 2.87. The Labute approximate surface area is 141 Å². The second-order valence-electron chi connectivity index (χ2n) is 5.82. The summed E-state index contributed by atoms with van der Waals surface area (Å²) < 4.78 is 10.8. The first-order chi connectivity index (χ1) is 11.8. The van der Waals surface area contributed by atoms with Crippen molar-refractivity contribution in [3.63, 3.8) is 0 Å². The van der Waals surface area contributed by atoms with Crippen LogP contribution in [-0.4, -0.2) is 18.5 Å². The number of hydrogen-bond donors (Lipinski definition) is 1. The van der Waals surface area contributed by atoms with Gasteiger partial charge in [0, 0.05) is 0 Å². The smallest absolute Gasteiger partial charge is 0.294 e. The quantitative estimate of drug-likeness (QED) is 0.685. The number of amidine groups is 1. The lowest BCUT2D eigenvalue weighted by atomic mass is 9.88. The van der Waals surface area contributed by atoms with Gasteiger partial charge >= 0.3 is 0 Å². The molecule has 0 saturated heterocycles. The van der Waals surface area contributed by atoms with Gasteiger partial charge in [-0.3, -0.25) is 10.1 Å². The minimum Gasteiger partial charge on any atom is -0.465 e. The largest absolute Gasteiger partial charge is 0.465 e. The van der Waals surface area contributed by atoms with Gasteiger partial charge in [0.15, 0.2) is 5.76 Å². The molecule has 0 unspecified atom stereocenters. The fourth-order valence-electron chi connectivity index (χ4n) is 2.87. The molecule has 24 heavy (non-hydrogen) atoms. The summed E-state index contributed by atoms with van der Waals surface area (Å²) >= 11 is 0. The van der Waals surface area contributed by atoms with E-state index in [0.29, 0.717) is 6.61 Å². The second-order valence-corrected chi connectivity index (χ2v) is 5.82. The third-order valence-electron chi connectivity index (χ3n) is 4.02. The van der Waals surface area contributed by atoms with E-state index in [-0.39, 0.29) is 23.7 Å². The van der Waals surface area contributed by atoms with Crippen molar-refractivity contribution in [2.75, 3.05) is 6.61 Å². The molecule has 1 aromatic heterocycles. The standard InChI is InChI=1S/C19H22N2O3/c1-2-12-24-19(21-18(22)17-11-6-13-23-17)20-16-10-5-8-14-7-3-4-9-15(14)16/h3-4,6-7,9,11,13,16H,2,5,8,10,12H2,1H3,(H,20,21,22)/t16-/m1/s1. The lowest BCUT2D eigenvalue weighted by molar-refractivity contribution is 0.0938. The van der Waals surface area contributed by atoms with E-state index in [1.807, 2.05) is 13.0 Å². The van der Waals surface area contributed by atoms with Crippen molar-refractivity contribution in [3.8, 4) is 0 Å². The molecular weight excluding hydrogens is 304 g/mol. The molecule has 5 heteroatoms. The first kappa shape index (κ1) is 16.3. The van der Waals surface area contributed by atoms with Gasteiger partial charge in [-0.05, 0) is 48.9 Å². The molecule has 1 N–H and O–H groups in total. The first-order valence-corrected chi connectivity index (χ1v) is 8.41. The molecule has 1 aromatic carbocycles. The zero-order valence-electron chi connectivity index (χ0n) is 13.8. The van der Waals surface area contributed by atoms with Crippen LogP contribution >= 0.6 is 0 Å². The van der Waals surface area contributed by atoms with Crippen molar-refractivity contribution in [2.45, 2.75) is 38.6 Å². The maximum absolute atomic E-state index is 12.2. The summed E-state index contributed by atoms with van der Waals surface area (Å²) in [6, 6.07) is 11.9. The molecule has 1 heterocycles. The number of aryl methyl sites for hydroxylation is 1. The van der Waals surface area contributed by atoms with Crippen LogP contribution in [0.1, 0.15) is 53.9 Å². The average molecular weight is 326 g/mol. The summed E-state index contributed by atoms with van der Waals surface area (Å²) in [6.07, 6.45) is 5.42. The molecule has 0 bridgehead atoms. The predicted octanol–water partition coefficient (Wildman–Crippen LogP) is 3.87. The molecule has 0 spiro atoms. The number of ether oxygens (including phenoxy) is 1. The van der Waals surface area contributed by atoms with Crippen LogP contribution in [0.3, 0.4) is 0 Å². The van der Waals surface area contributed by atoms with Gasteiger partial charge in [0.2, 0.25) is 0 Å². The van der Waals surface area contributed by atoms with Crippen molar-refractivity contribution < 1.29 is 13.9 Å². The lowest BCUT2D eigenvalue weighted by Gasteiger charge is -2.23. The van der Waals surface area contributed by atoms with Crippen molar-refractivity contribution >= 4 is 11.9 Å². The van der Waals surface area contributed by atoms with E-state index in [1.54, 1.807) is 12.1 Å². The molecule has 2 aromatic rings. The second kappa shape index (κ2) is 7.81. The molecule has 0 aliphatic heterocycles. The number of carbonyl (C=O) groups excluding carboxylic acids is 1. The Morgan fingerprint density at radius 1 is 1.33 bits per heavy atom. The van der Waals surface area contributed by atoms with E-state index < -0.39 is 0 Å². The SMILES string of the molecule is CCCOC(=N[C@@H]1CCCc2ccccc21)NC(=O)c1ccco1. The number of benzene rings is 1. The number of nitrogens with one attached hydrogen (secondary N) is 1. The van der Waals surface area contributed by atoms with Gasteiger partial charge < -0.3 is 9.15 Å². The van der Waals surface area contributed by atoms with E-state index >= 15 is 0 Å². The number of fused-ring (bicyclic) bond motifs is 1. The molecular formula is C19H22N2O3. The molecule has 1 atom stereocenters. The highest BCUT2D eigenvalue weighted by atomic mass is 16.5. The molecule has 0 fully saturated rings. The van der Waals surface area contributed by atoms with Crippen LogP contribution in [0, 0.1) is 0 Å². The van der Waals surface area contributed by atoms with Gasteiger partial charge in [0.25, 0.3) is 11.9 Å². The number of carbonyl (C=O) groups is 1.